The number of ether oxygens (including phenoxy) is 2. The molecule has 1 saturated heterocycles. The predicted octanol–water partition coefficient (Wildman–Crippen LogP) is -1.58. The lowest BCUT2D eigenvalue weighted by Gasteiger charge is -2.21. The third kappa shape index (κ3) is 8.04. The smallest absolute Gasteiger partial charge is 0.383 e. The zero-order valence-electron chi connectivity index (χ0n) is 17.5. The van der Waals surface area contributed by atoms with Crippen molar-refractivity contribution in [3.63, 3.8) is 0 Å². The van der Waals surface area contributed by atoms with E-state index in [1.807, 2.05) is 5.32 Å². The van der Waals surface area contributed by atoms with Crippen molar-refractivity contribution in [1.82, 2.24) is 0 Å². The molecule has 2 rings (SSSR count). The highest BCUT2D eigenvalue weighted by atomic mass is 31.2. The maximum absolute atomic E-state index is 12.0. The van der Waals surface area contributed by atoms with Gasteiger partial charge in [-0.25, -0.2) is 4.79 Å². The number of benzene rings is 1. The van der Waals surface area contributed by atoms with Gasteiger partial charge in [-0.2, -0.15) is 0 Å². The summed E-state index contributed by atoms with van der Waals surface area (Å²) in [4.78, 5) is 93.6. The molecule has 1 heterocycles. The fraction of sp³-hybridized carbons (Fsp3) is 0.353. The van der Waals surface area contributed by atoms with Gasteiger partial charge >= 0.3 is 32.9 Å². The van der Waals surface area contributed by atoms with E-state index in [1.54, 1.807) is 0 Å². The van der Waals surface area contributed by atoms with Gasteiger partial charge in [0.15, 0.2) is 6.10 Å². The molecule has 1 amide bonds. The first-order valence-corrected chi connectivity index (χ1v) is 12.9. The Morgan fingerprint density at radius 2 is 1.51 bits per heavy atom. The Bertz CT molecular complexity index is 1090. The van der Waals surface area contributed by atoms with E-state index >= 15 is 0 Å². The van der Waals surface area contributed by atoms with E-state index in [0.717, 1.165) is 0 Å². The van der Waals surface area contributed by atoms with Crippen LogP contribution in [0.2, 0.25) is 0 Å². The Morgan fingerprint density at radius 3 is 2.00 bits per heavy atom. The first kappa shape index (κ1) is 28.3. The molecule has 0 bridgehead atoms. The summed E-state index contributed by atoms with van der Waals surface area (Å²) in [7, 11) is -10.4. The Labute approximate surface area is 195 Å². The number of anilines is 2. The van der Waals surface area contributed by atoms with Crippen LogP contribution < -0.4 is 10.6 Å². The number of nitrogens with one attached hydrogen (secondary N) is 2. The van der Waals surface area contributed by atoms with Gasteiger partial charge in [0.25, 0.3) is 5.78 Å². The minimum atomic E-state index is -5.20. The fourth-order valence-electron chi connectivity index (χ4n) is 2.65. The standard InChI is InChI=1S/C17H20N2O14P2/c20-10(15-13(23)14(24)16(25)33-15)7-32-12(22)6-5-11(21)18-8-1-3-9(4-2-8)19-17(34(26,27)28)35(29,30)31/h1-4,10,15,17,19-20H,5-7H2,(H,18,21)(H2,26,27,28)(H2,29,30,31)/t10-,15?/m0/s1. The topological polar surface area (TPSA) is 263 Å². The van der Waals surface area contributed by atoms with Crippen molar-refractivity contribution >= 4 is 56.0 Å². The Kier molecular flexibility index (Phi) is 9.03. The van der Waals surface area contributed by atoms with E-state index in [1.165, 1.54) is 24.3 Å². The molecule has 0 saturated carbocycles. The minimum absolute atomic E-state index is 0.0603. The molecule has 1 aliphatic heterocycles. The average Bonchev–Trinajstić information content (AvgIpc) is 3.01. The maximum Gasteiger partial charge on any atom is 0.383 e. The van der Waals surface area contributed by atoms with Crippen molar-refractivity contribution in [3.8, 4) is 0 Å². The maximum atomic E-state index is 12.0. The van der Waals surface area contributed by atoms with Gasteiger partial charge in [0.05, 0.1) is 6.42 Å². The zero-order valence-corrected chi connectivity index (χ0v) is 19.3. The highest BCUT2D eigenvalue weighted by Crippen LogP contribution is 2.59. The molecular weight excluding hydrogens is 518 g/mol. The van der Waals surface area contributed by atoms with Gasteiger partial charge in [0, 0.05) is 17.8 Å². The molecule has 1 unspecified atom stereocenters. The largest absolute Gasteiger partial charge is 0.463 e. The first-order chi connectivity index (χ1) is 16.1. The summed E-state index contributed by atoms with van der Waals surface area (Å²) in [6, 6.07) is 4.88. The second-order valence-electron chi connectivity index (χ2n) is 7.09. The predicted molar refractivity (Wildman–Crippen MR) is 113 cm³/mol. The van der Waals surface area contributed by atoms with Gasteiger partial charge in [-0.1, -0.05) is 0 Å². The van der Waals surface area contributed by atoms with Crippen LogP contribution in [0.3, 0.4) is 0 Å². The van der Waals surface area contributed by atoms with Crippen molar-refractivity contribution in [2.45, 2.75) is 30.6 Å². The van der Waals surface area contributed by atoms with Crippen molar-refractivity contribution in [1.29, 1.82) is 0 Å². The zero-order chi connectivity index (χ0) is 26.6. The van der Waals surface area contributed by atoms with Crippen LogP contribution in [0.25, 0.3) is 0 Å². The molecule has 192 valence electrons. The van der Waals surface area contributed by atoms with Crippen LogP contribution in [0.5, 0.6) is 0 Å². The molecule has 0 spiro atoms. The number of aliphatic hydroxyl groups is 1. The third-order valence-corrected chi connectivity index (χ3v) is 7.66. The van der Waals surface area contributed by atoms with E-state index < -0.39 is 75.4 Å². The summed E-state index contributed by atoms with van der Waals surface area (Å²) in [5.41, 5.74) is -2.34. The summed E-state index contributed by atoms with van der Waals surface area (Å²) in [6.45, 7) is -0.768. The van der Waals surface area contributed by atoms with E-state index in [4.69, 9.17) is 19.6 Å². The van der Waals surface area contributed by atoms with E-state index in [9.17, 15) is 38.2 Å². The molecule has 0 radical (unpaired) electrons. The molecule has 1 aromatic rings. The number of amides is 1. The Balaban J connectivity index is 1.80. The molecule has 7 N–H and O–H groups in total. The summed E-state index contributed by atoms with van der Waals surface area (Å²) >= 11 is 0. The average molecular weight is 538 g/mol. The first-order valence-electron chi connectivity index (χ1n) is 9.49. The lowest BCUT2D eigenvalue weighted by atomic mass is 10.1. The van der Waals surface area contributed by atoms with Gasteiger partial charge in [-0.05, 0) is 24.3 Å². The van der Waals surface area contributed by atoms with Gasteiger partial charge in [-0.15, -0.1) is 0 Å². The van der Waals surface area contributed by atoms with E-state index in [2.05, 4.69) is 14.8 Å². The third-order valence-electron chi connectivity index (χ3n) is 4.32. The molecule has 1 aromatic carbocycles. The molecule has 16 nitrogen and oxygen atoms in total. The highest BCUT2D eigenvalue weighted by Gasteiger charge is 2.46. The molecule has 0 aliphatic carbocycles. The second kappa shape index (κ2) is 11.2. The van der Waals surface area contributed by atoms with Crippen molar-refractivity contribution in [2.24, 2.45) is 0 Å². The van der Waals surface area contributed by atoms with Gasteiger partial charge in [0.2, 0.25) is 11.4 Å². The molecular formula is C17H20N2O14P2. The van der Waals surface area contributed by atoms with E-state index in [0.29, 0.717) is 0 Å². The number of cyclic esters (lactones) is 1. The summed E-state index contributed by atoms with van der Waals surface area (Å²) in [5, 5.41) is 14.2. The number of carbonyl (C=O) groups excluding carboxylic acids is 5. The number of ketones is 2. The summed E-state index contributed by atoms with van der Waals surface area (Å²) < 4.78 is 31.7. The van der Waals surface area contributed by atoms with Crippen molar-refractivity contribution < 1.29 is 67.3 Å². The Hall–Kier alpha value is -2.97. The Morgan fingerprint density at radius 1 is 0.971 bits per heavy atom. The lowest BCUT2D eigenvalue weighted by molar-refractivity contribution is -0.157. The van der Waals surface area contributed by atoms with Crippen LogP contribution in [-0.4, -0.2) is 78.4 Å². The minimum Gasteiger partial charge on any atom is -0.463 e. The van der Waals surface area contributed by atoms with Crippen molar-refractivity contribution in [3.05, 3.63) is 24.3 Å². The molecule has 18 heteroatoms. The fourth-order valence-corrected chi connectivity index (χ4v) is 4.85. The van der Waals surface area contributed by atoms with E-state index in [-0.39, 0.29) is 17.8 Å². The number of hydrogen-bond acceptors (Lipinski definition) is 11. The number of rotatable bonds is 11. The summed E-state index contributed by atoms with van der Waals surface area (Å²) in [5.74, 6) is -5.71. The molecule has 1 aliphatic rings. The van der Waals surface area contributed by atoms with Crippen LogP contribution in [0.4, 0.5) is 11.4 Å². The number of Topliss-reactive ketones (excluding diaryl/α,β-unsaturated/α-hetero) is 2. The molecule has 35 heavy (non-hydrogen) atoms. The van der Waals surface area contributed by atoms with Crippen LogP contribution in [0.1, 0.15) is 12.8 Å². The van der Waals surface area contributed by atoms with Crippen molar-refractivity contribution in [2.75, 3.05) is 17.2 Å². The number of aliphatic hydroxyl groups excluding tert-OH is 1. The van der Waals surface area contributed by atoms with Gasteiger partial charge in [0.1, 0.15) is 12.7 Å². The van der Waals surface area contributed by atoms with Crippen LogP contribution in [0.15, 0.2) is 24.3 Å². The second-order valence-corrected chi connectivity index (χ2v) is 10.9. The number of hydrogen-bond donors (Lipinski definition) is 7. The normalized spacial score (nSPS) is 17.2. The number of esters is 2. The van der Waals surface area contributed by atoms with Crippen LogP contribution >= 0.6 is 15.2 Å². The number of carbonyl (C=O) groups is 5. The van der Waals surface area contributed by atoms with Crippen LogP contribution in [-0.2, 0) is 42.6 Å². The van der Waals surface area contributed by atoms with Crippen LogP contribution in [0, 0.1) is 0 Å². The SMILES string of the molecule is O=C(CCC(=O)OC[C@H](O)C1OC(=O)C(=O)C1=O)Nc1ccc(NC(P(=O)(O)O)P(=O)(O)O)cc1. The quantitative estimate of drug-likeness (QED) is 0.0952. The lowest BCUT2D eigenvalue weighted by Crippen LogP contribution is -2.37. The monoisotopic (exact) mass is 538 g/mol. The molecule has 1 fully saturated rings. The highest BCUT2D eigenvalue weighted by molar-refractivity contribution is 7.71. The van der Waals surface area contributed by atoms with Gasteiger partial charge < -0.3 is 44.8 Å². The molecule has 2 atom stereocenters. The molecule has 0 aromatic heterocycles. The van der Waals surface area contributed by atoms with Gasteiger partial charge in [-0.3, -0.25) is 28.3 Å². The summed E-state index contributed by atoms with van der Waals surface area (Å²) in [6.07, 6.45) is -4.36.